The first-order valence-corrected chi connectivity index (χ1v) is 6.59. The predicted molar refractivity (Wildman–Crippen MR) is 72.4 cm³/mol. The van der Waals surface area contributed by atoms with Crippen LogP contribution in [0.2, 0.25) is 10.0 Å². The second-order valence-electron chi connectivity index (χ2n) is 4.75. The molecular weight excluding hydrogens is 289 g/mol. The summed E-state index contributed by atoms with van der Waals surface area (Å²) in [4.78, 5) is 27.2. The number of anilines is 1. The highest BCUT2D eigenvalue weighted by Gasteiger charge is 2.50. The van der Waals surface area contributed by atoms with E-state index in [-0.39, 0.29) is 18.0 Å². The molecule has 2 heterocycles. The third-order valence-electron chi connectivity index (χ3n) is 3.38. The number of nitrogens with two attached hydrogens (primary N) is 1. The van der Waals surface area contributed by atoms with Gasteiger partial charge >= 0.3 is 6.03 Å². The summed E-state index contributed by atoms with van der Waals surface area (Å²) in [6.45, 7) is 0.403. The van der Waals surface area contributed by atoms with Gasteiger partial charge in [-0.1, -0.05) is 23.2 Å². The monoisotopic (exact) mass is 299 g/mol. The molecule has 0 aliphatic carbocycles. The Morgan fingerprint density at radius 3 is 2.37 bits per heavy atom. The van der Waals surface area contributed by atoms with Crippen LogP contribution >= 0.6 is 23.2 Å². The van der Waals surface area contributed by atoms with Crippen LogP contribution in [0.4, 0.5) is 10.5 Å². The highest BCUT2D eigenvalue weighted by Crippen LogP contribution is 2.33. The molecule has 2 N–H and O–H groups in total. The molecule has 0 spiro atoms. The summed E-state index contributed by atoms with van der Waals surface area (Å²) in [5.74, 6) is -0.267. The van der Waals surface area contributed by atoms with Gasteiger partial charge in [-0.15, -0.1) is 0 Å². The van der Waals surface area contributed by atoms with E-state index in [9.17, 15) is 9.59 Å². The van der Waals surface area contributed by atoms with Crippen molar-refractivity contribution in [2.75, 3.05) is 11.4 Å². The van der Waals surface area contributed by atoms with Gasteiger partial charge in [-0.05, 0) is 24.6 Å². The normalized spacial score (nSPS) is 26.3. The number of fused-ring (bicyclic) bond motifs is 1. The maximum atomic E-state index is 12.3. The van der Waals surface area contributed by atoms with Crippen LogP contribution in [-0.2, 0) is 4.79 Å². The molecule has 0 saturated carbocycles. The van der Waals surface area contributed by atoms with E-state index in [0.717, 1.165) is 4.90 Å². The second-order valence-corrected chi connectivity index (χ2v) is 5.62. The molecule has 7 heteroatoms. The molecule has 2 fully saturated rings. The first kappa shape index (κ1) is 12.7. The van der Waals surface area contributed by atoms with Gasteiger partial charge in [0, 0.05) is 22.6 Å². The van der Waals surface area contributed by atoms with Crippen LogP contribution in [-0.4, -0.2) is 35.5 Å². The molecule has 19 heavy (non-hydrogen) atoms. The minimum atomic E-state index is -0.458. The molecule has 2 aliphatic rings. The second kappa shape index (κ2) is 4.37. The minimum absolute atomic E-state index is 0.136. The summed E-state index contributed by atoms with van der Waals surface area (Å²) in [5, 5.41) is 0.763. The topological polar surface area (TPSA) is 66.6 Å². The van der Waals surface area contributed by atoms with Crippen LogP contribution in [0.5, 0.6) is 0 Å². The van der Waals surface area contributed by atoms with Crippen molar-refractivity contribution in [1.82, 2.24) is 4.90 Å². The molecule has 5 nitrogen and oxygen atoms in total. The minimum Gasteiger partial charge on any atom is -0.326 e. The molecular formula is C12H11Cl2N3O2. The Hall–Kier alpha value is -1.30. The van der Waals surface area contributed by atoms with E-state index >= 15 is 0 Å². The van der Waals surface area contributed by atoms with Crippen LogP contribution in [0.25, 0.3) is 0 Å². The third-order valence-corrected chi connectivity index (χ3v) is 3.82. The summed E-state index contributed by atoms with van der Waals surface area (Å²) < 4.78 is 0. The first-order valence-electron chi connectivity index (χ1n) is 5.83. The Kier molecular flexibility index (Phi) is 2.92. The molecule has 0 radical (unpaired) electrons. The SMILES string of the molecule is NC1CC2C(=O)N(c3cc(Cl)cc(Cl)c3)C(=O)N2C1. The standard InChI is InChI=1S/C12H11Cl2N3O2/c13-6-1-7(14)3-9(2-6)17-11(18)10-4-8(15)5-16(10)12(17)19/h1-3,8,10H,4-5,15H2. The van der Waals surface area contributed by atoms with Crippen molar-refractivity contribution in [3.8, 4) is 0 Å². The van der Waals surface area contributed by atoms with Crippen LogP contribution in [0.3, 0.4) is 0 Å². The van der Waals surface area contributed by atoms with E-state index in [1.165, 1.54) is 4.90 Å². The van der Waals surface area contributed by atoms with Gasteiger partial charge in [0.25, 0.3) is 5.91 Å². The Bertz CT molecular complexity index is 534. The fourth-order valence-corrected chi connectivity index (χ4v) is 3.11. The first-order chi connectivity index (χ1) is 8.97. The quantitative estimate of drug-likeness (QED) is 0.805. The smallest absolute Gasteiger partial charge is 0.326 e. The zero-order chi connectivity index (χ0) is 13.7. The van der Waals surface area contributed by atoms with Crippen LogP contribution in [0.15, 0.2) is 18.2 Å². The number of rotatable bonds is 1. The highest BCUT2D eigenvalue weighted by molar-refractivity contribution is 6.35. The van der Waals surface area contributed by atoms with Gasteiger partial charge in [0.1, 0.15) is 6.04 Å². The fourth-order valence-electron chi connectivity index (χ4n) is 2.59. The Labute approximate surface area is 119 Å². The predicted octanol–water partition coefficient (Wildman–Crippen LogP) is 1.86. The lowest BCUT2D eigenvalue weighted by molar-refractivity contribution is -0.119. The Morgan fingerprint density at radius 1 is 1.16 bits per heavy atom. The van der Waals surface area contributed by atoms with Crippen molar-refractivity contribution in [2.45, 2.75) is 18.5 Å². The number of imide groups is 1. The average Bonchev–Trinajstić information content (AvgIpc) is 2.78. The van der Waals surface area contributed by atoms with Crippen molar-refractivity contribution >= 4 is 40.8 Å². The lowest BCUT2D eigenvalue weighted by Gasteiger charge is -2.17. The van der Waals surface area contributed by atoms with Crippen LogP contribution < -0.4 is 10.6 Å². The summed E-state index contributed by atoms with van der Waals surface area (Å²) >= 11 is 11.8. The maximum absolute atomic E-state index is 12.3. The van der Waals surface area contributed by atoms with Gasteiger partial charge in [0.2, 0.25) is 0 Å². The lowest BCUT2D eigenvalue weighted by Crippen LogP contribution is -2.36. The van der Waals surface area contributed by atoms with E-state index in [4.69, 9.17) is 28.9 Å². The molecule has 0 aromatic heterocycles. The largest absolute Gasteiger partial charge is 0.332 e. The van der Waals surface area contributed by atoms with Gasteiger partial charge in [-0.3, -0.25) is 4.79 Å². The number of hydrogen-bond acceptors (Lipinski definition) is 3. The maximum Gasteiger partial charge on any atom is 0.332 e. The molecule has 3 rings (SSSR count). The van der Waals surface area contributed by atoms with Crippen molar-refractivity contribution < 1.29 is 9.59 Å². The number of benzene rings is 1. The number of hydrogen-bond donors (Lipinski definition) is 1. The van der Waals surface area contributed by atoms with Gasteiger partial charge < -0.3 is 10.6 Å². The van der Waals surface area contributed by atoms with Gasteiger partial charge in [-0.25, -0.2) is 9.69 Å². The molecule has 1 aromatic rings. The molecule has 2 unspecified atom stereocenters. The van der Waals surface area contributed by atoms with E-state index in [0.29, 0.717) is 28.7 Å². The zero-order valence-electron chi connectivity index (χ0n) is 9.85. The van der Waals surface area contributed by atoms with E-state index in [1.54, 1.807) is 18.2 Å². The van der Waals surface area contributed by atoms with Crippen molar-refractivity contribution in [3.63, 3.8) is 0 Å². The van der Waals surface area contributed by atoms with E-state index in [2.05, 4.69) is 0 Å². The van der Waals surface area contributed by atoms with Crippen molar-refractivity contribution in [2.24, 2.45) is 5.73 Å². The van der Waals surface area contributed by atoms with Gasteiger partial charge in [0.15, 0.2) is 0 Å². The number of amides is 3. The number of carbonyl (C=O) groups is 2. The fraction of sp³-hybridized carbons (Fsp3) is 0.333. The molecule has 1 aromatic carbocycles. The average molecular weight is 300 g/mol. The summed E-state index contributed by atoms with van der Waals surface area (Å²) in [6, 6.07) is 3.69. The molecule has 2 atom stereocenters. The number of halogens is 2. The van der Waals surface area contributed by atoms with Crippen LogP contribution in [0, 0.1) is 0 Å². The third kappa shape index (κ3) is 1.98. The molecule has 0 bridgehead atoms. The van der Waals surface area contributed by atoms with Crippen molar-refractivity contribution in [3.05, 3.63) is 28.2 Å². The number of carbonyl (C=O) groups excluding carboxylic acids is 2. The Balaban J connectivity index is 1.98. The number of urea groups is 1. The number of nitrogens with zero attached hydrogens (tertiary/aromatic N) is 2. The summed E-state index contributed by atoms with van der Waals surface area (Å²) in [6.07, 6.45) is 0.495. The van der Waals surface area contributed by atoms with Crippen LogP contribution in [0.1, 0.15) is 6.42 Å². The Morgan fingerprint density at radius 2 is 1.79 bits per heavy atom. The van der Waals surface area contributed by atoms with Crippen molar-refractivity contribution in [1.29, 1.82) is 0 Å². The molecule has 2 aliphatic heterocycles. The van der Waals surface area contributed by atoms with E-state index < -0.39 is 6.04 Å². The zero-order valence-corrected chi connectivity index (χ0v) is 11.4. The molecule has 2 saturated heterocycles. The van der Waals surface area contributed by atoms with Gasteiger partial charge in [0.05, 0.1) is 5.69 Å². The molecule has 100 valence electrons. The summed E-state index contributed by atoms with van der Waals surface area (Å²) in [5.41, 5.74) is 6.17. The highest BCUT2D eigenvalue weighted by atomic mass is 35.5. The molecule has 3 amide bonds. The van der Waals surface area contributed by atoms with Gasteiger partial charge in [-0.2, -0.15) is 0 Å². The van der Waals surface area contributed by atoms with E-state index in [1.807, 2.05) is 0 Å². The summed E-state index contributed by atoms with van der Waals surface area (Å²) in [7, 11) is 0. The lowest BCUT2D eigenvalue weighted by atomic mass is 10.1.